The fourth-order valence-corrected chi connectivity index (χ4v) is 3.26. The van der Waals surface area contributed by atoms with E-state index >= 15 is 0 Å². The lowest BCUT2D eigenvalue weighted by atomic mass is 9.96. The van der Waals surface area contributed by atoms with Crippen LogP contribution in [0.5, 0.6) is 0 Å². The van der Waals surface area contributed by atoms with Gasteiger partial charge in [-0.25, -0.2) is 4.57 Å². The third-order valence-corrected chi connectivity index (χ3v) is 4.22. The first-order valence-electron chi connectivity index (χ1n) is 7.25. The lowest BCUT2D eigenvalue weighted by Gasteiger charge is -2.09. The highest BCUT2D eigenvalue weighted by Gasteiger charge is 2.15. The molecule has 1 aliphatic carbocycles. The van der Waals surface area contributed by atoms with Gasteiger partial charge in [0, 0.05) is 17.0 Å². The number of rotatable bonds is 0. The van der Waals surface area contributed by atoms with Crippen molar-refractivity contribution in [3.63, 3.8) is 0 Å². The van der Waals surface area contributed by atoms with Crippen LogP contribution in [0.1, 0.15) is 43.2 Å². The monoisotopic (exact) mass is 240 g/mol. The van der Waals surface area contributed by atoms with Crippen LogP contribution in [-0.4, -0.2) is 0 Å². The van der Waals surface area contributed by atoms with E-state index in [1.807, 2.05) is 0 Å². The Bertz CT molecular complexity index is 557. The van der Waals surface area contributed by atoms with E-state index in [9.17, 15) is 0 Å². The molecule has 0 saturated carbocycles. The molecule has 1 aromatic heterocycles. The third kappa shape index (κ3) is 2.14. The van der Waals surface area contributed by atoms with Gasteiger partial charge in [-0.15, -0.1) is 0 Å². The number of aryl methyl sites for hydroxylation is 3. The smallest absolute Gasteiger partial charge is 0.201 e. The summed E-state index contributed by atoms with van der Waals surface area (Å²) in [6.45, 7) is 0. The molecule has 1 heteroatoms. The van der Waals surface area contributed by atoms with Crippen LogP contribution in [0.15, 0.2) is 30.5 Å². The van der Waals surface area contributed by atoms with E-state index in [2.05, 4.69) is 42.1 Å². The van der Waals surface area contributed by atoms with E-state index in [0.717, 1.165) is 0 Å². The van der Waals surface area contributed by atoms with Crippen LogP contribution in [-0.2, 0) is 19.9 Å². The summed E-state index contributed by atoms with van der Waals surface area (Å²) >= 11 is 0. The molecule has 2 aromatic rings. The van der Waals surface area contributed by atoms with Crippen LogP contribution in [0.4, 0.5) is 0 Å². The van der Waals surface area contributed by atoms with Crippen LogP contribution < -0.4 is 4.57 Å². The van der Waals surface area contributed by atoms with Gasteiger partial charge >= 0.3 is 0 Å². The molecule has 0 N–H and O–H groups in total. The maximum Gasteiger partial charge on any atom is 0.215 e. The van der Waals surface area contributed by atoms with Gasteiger partial charge in [-0.05, 0) is 43.4 Å². The normalized spacial score (nSPS) is 16.7. The van der Waals surface area contributed by atoms with Crippen molar-refractivity contribution in [2.75, 3.05) is 0 Å². The summed E-state index contributed by atoms with van der Waals surface area (Å²) in [4.78, 5) is 0. The highest BCUT2D eigenvalue weighted by molar-refractivity contribution is 5.80. The summed E-state index contributed by atoms with van der Waals surface area (Å²) in [5.41, 5.74) is 4.65. The molecule has 1 heterocycles. The Balaban J connectivity index is 2.18. The lowest BCUT2D eigenvalue weighted by molar-refractivity contribution is -0.645. The van der Waals surface area contributed by atoms with Crippen molar-refractivity contribution in [1.29, 1.82) is 0 Å². The van der Waals surface area contributed by atoms with Crippen LogP contribution in [0.3, 0.4) is 0 Å². The first kappa shape index (κ1) is 11.7. The van der Waals surface area contributed by atoms with Gasteiger partial charge in [-0.3, -0.25) is 0 Å². The van der Waals surface area contributed by atoms with Crippen LogP contribution in [0.25, 0.3) is 10.9 Å². The van der Waals surface area contributed by atoms with Gasteiger partial charge in [0.25, 0.3) is 0 Å². The number of nitrogens with zero attached hydrogens (tertiary/aromatic N) is 1. The van der Waals surface area contributed by atoms with Crippen LogP contribution >= 0.6 is 0 Å². The summed E-state index contributed by atoms with van der Waals surface area (Å²) in [5.74, 6) is 0. The standard InChI is InChI=1S/C17H22N/c1-18-13-7-9-15-12-11-14-8-5-3-2-4-6-10-16(14)17(15)18/h7,9,11-13H,2-6,8,10H2,1H3/q+1. The van der Waals surface area contributed by atoms with Gasteiger partial charge in [-0.2, -0.15) is 0 Å². The maximum absolute atomic E-state index is 2.36. The highest BCUT2D eigenvalue weighted by atomic mass is 14.9. The predicted octanol–water partition coefficient (Wildman–Crippen LogP) is 3.71. The van der Waals surface area contributed by atoms with E-state index in [1.165, 1.54) is 55.8 Å². The zero-order valence-corrected chi connectivity index (χ0v) is 11.3. The van der Waals surface area contributed by atoms with Crippen molar-refractivity contribution in [2.45, 2.75) is 44.9 Å². The summed E-state index contributed by atoms with van der Waals surface area (Å²) in [5, 5.41) is 1.39. The second kappa shape index (κ2) is 5.09. The van der Waals surface area contributed by atoms with Gasteiger partial charge in [0.1, 0.15) is 7.05 Å². The minimum absolute atomic E-state index is 1.25. The molecule has 94 valence electrons. The molecule has 0 bridgehead atoms. The van der Waals surface area contributed by atoms with Gasteiger partial charge in [0.15, 0.2) is 6.20 Å². The molecule has 0 saturated heterocycles. The van der Waals surface area contributed by atoms with E-state index in [-0.39, 0.29) is 0 Å². The Morgan fingerprint density at radius 3 is 2.56 bits per heavy atom. The van der Waals surface area contributed by atoms with Crippen LogP contribution in [0.2, 0.25) is 0 Å². The van der Waals surface area contributed by atoms with E-state index in [0.29, 0.717) is 0 Å². The molecule has 1 nitrogen and oxygen atoms in total. The Morgan fingerprint density at radius 1 is 0.889 bits per heavy atom. The summed E-state index contributed by atoms with van der Waals surface area (Å²) in [6, 6.07) is 9.04. The average Bonchev–Trinajstić information content (AvgIpc) is 2.50. The molecular weight excluding hydrogens is 218 g/mol. The van der Waals surface area contributed by atoms with Gasteiger partial charge < -0.3 is 0 Å². The molecule has 0 radical (unpaired) electrons. The topological polar surface area (TPSA) is 3.88 Å². The molecule has 1 aromatic carbocycles. The maximum atomic E-state index is 2.36. The van der Waals surface area contributed by atoms with Gasteiger partial charge in [0.05, 0.1) is 0 Å². The average molecular weight is 240 g/mol. The molecule has 0 unspecified atom stereocenters. The zero-order valence-electron chi connectivity index (χ0n) is 11.3. The first-order chi connectivity index (χ1) is 8.86. The molecule has 1 aliphatic rings. The third-order valence-electron chi connectivity index (χ3n) is 4.22. The molecular formula is C17H22N+. The number of hydrogen-bond donors (Lipinski definition) is 0. The van der Waals surface area contributed by atoms with Gasteiger partial charge in [-0.1, -0.05) is 25.3 Å². The quantitative estimate of drug-likeness (QED) is 0.618. The van der Waals surface area contributed by atoms with Crippen molar-refractivity contribution in [1.82, 2.24) is 0 Å². The number of pyridine rings is 1. The highest BCUT2D eigenvalue weighted by Crippen LogP contribution is 2.25. The molecule has 0 spiro atoms. The Kier molecular flexibility index (Phi) is 3.31. The first-order valence-corrected chi connectivity index (χ1v) is 7.25. The molecule has 18 heavy (non-hydrogen) atoms. The summed E-state index contributed by atoms with van der Waals surface area (Å²) in [7, 11) is 2.18. The Hall–Kier alpha value is -1.37. The number of fused-ring (bicyclic) bond motifs is 3. The van der Waals surface area contributed by atoms with Crippen molar-refractivity contribution < 1.29 is 4.57 Å². The van der Waals surface area contributed by atoms with Crippen LogP contribution in [0, 0.1) is 0 Å². The predicted molar refractivity (Wildman–Crippen MR) is 75.6 cm³/mol. The second-order valence-electron chi connectivity index (χ2n) is 5.53. The number of aromatic nitrogens is 1. The largest absolute Gasteiger partial charge is 0.215 e. The lowest BCUT2D eigenvalue weighted by Crippen LogP contribution is -2.29. The summed E-state index contributed by atoms with van der Waals surface area (Å²) < 4.78 is 2.30. The van der Waals surface area contributed by atoms with E-state index in [4.69, 9.17) is 0 Å². The minimum Gasteiger partial charge on any atom is -0.201 e. The fraction of sp³-hybridized carbons (Fsp3) is 0.471. The number of hydrogen-bond acceptors (Lipinski definition) is 0. The Morgan fingerprint density at radius 2 is 1.67 bits per heavy atom. The number of benzene rings is 1. The minimum atomic E-state index is 1.25. The fourth-order valence-electron chi connectivity index (χ4n) is 3.26. The van der Waals surface area contributed by atoms with E-state index in [1.54, 1.807) is 11.1 Å². The summed E-state index contributed by atoms with van der Waals surface area (Å²) in [6.07, 6.45) is 11.6. The molecule has 0 aliphatic heterocycles. The van der Waals surface area contributed by atoms with Gasteiger partial charge in [0.2, 0.25) is 5.52 Å². The van der Waals surface area contributed by atoms with Crippen molar-refractivity contribution in [3.8, 4) is 0 Å². The molecule has 0 fully saturated rings. The molecule has 0 amide bonds. The SMILES string of the molecule is C[n+]1cccc2ccc3c(c21)CCCCCCC3. The molecule has 0 atom stereocenters. The zero-order chi connectivity index (χ0) is 12.4. The molecule has 3 rings (SSSR count). The Labute approximate surface area is 109 Å². The van der Waals surface area contributed by atoms with Crippen molar-refractivity contribution in [3.05, 3.63) is 41.6 Å². The van der Waals surface area contributed by atoms with E-state index < -0.39 is 0 Å². The second-order valence-corrected chi connectivity index (χ2v) is 5.53. The van der Waals surface area contributed by atoms with Crippen molar-refractivity contribution >= 4 is 10.9 Å². The van der Waals surface area contributed by atoms with Crippen molar-refractivity contribution in [2.24, 2.45) is 7.05 Å².